The zero-order chi connectivity index (χ0) is 9.68. The lowest BCUT2D eigenvalue weighted by molar-refractivity contribution is 0.129. The average molecular weight is 185 g/mol. The normalized spacial score (nSPS) is 18.4. The molecule has 76 valence electrons. The number of β-amino-alcohol motifs (C(OH)–C–C–N with tert-alkyl or cyclic N) is 1. The van der Waals surface area contributed by atoms with E-state index in [0.717, 1.165) is 13.2 Å². The van der Waals surface area contributed by atoms with E-state index in [9.17, 15) is 0 Å². The molecular weight excluding hydrogens is 166 g/mol. The zero-order valence-corrected chi connectivity index (χ0v) is 8.19. The molecule has 0 saturated carbocycles. The van der Waals surface area contributed by atoms with Crippen LogP contribution in [0.4, 0.5) is 0 Å². The summed E-state index contributed by atoms with van der Waals surface area (Å²) in [6.07, 6.45) is 5.72. The third kappa shape index (κ3) is 3.65. The number of aliphatic hydroxyl groups is 1. The quantitative estimate of drug-likeness (QED) is 0.597. The first kappa shape index (κ1) is 10.3. The smallest absolute Gasteiger partial charge is 0.120 e. The van der Waals surface area contributed by atoms with E-state index in [1.54, 1.807) is 0 Å². The van der Waals surface area contributed by atoms with Gasteiger partial charge in [0.05, 0.1) is 13.2 Å². The number of nitrogens with two attached hydrogens (primary N) is 1. The van der Waals surface area contributed by atoms with Gasteiger partial charge in [0.2, 0.25) is 0 Å². The van der Waals surface area contributed by atoms with Crippen molar-refractivity contribution in [3.8, 4) is 0 Å². The number of hydrogen-bond donors (Lipinski definition) is 2. The summed E-state index contributed by atoms with van der Waals surface area (Å²) >= 11 is 0. The van der Waals surface area contributed by atoms with Gasteiger partial charge in [-0.25, -0.2) is 0 Å². The number of nitrogens with zero attached hydrogens (tertiary/aromatic N) is 2. The Kier molecular flexibility index (Phi) is 4.05. The van der Waals surface area contributed by atoms with Crippen molar-refractivity contribution < 1.29 is 5.11 Å². The molecule has 3 N–H and O–H groups in total. The minimum atomic E-state index is -0.740. The van der Waals surface area contributed by atoms with Gasteiger partial charge in [0.25, 0.3) is 0 Å². The molecule has 4 heteroatoms. The second-order valence-electron chi connectivity index (χ2n) is 3.44. The van der Waals surface area contributed by atoms with Crippen LogP contribution in [0.3, 0.4) is 0 Å². The van der Waals surface area contributed by atoms with Crippen molar-refractivity contribution in [2.45, 2.75) is 26.0 Å². The molecular formula is C9H19N3O. The third-order valence-electron chi connectivity index (χ3n) is 2.07. The lowest BCUT2D eigenvalue weighted by Crippen LogP contribution is -2.36. The second-order valence-corrected chi connectivity index (χ2v) is 3.44. The van der Waals surface area contributed by atoms with Crippen LogP contribution in [0.5, 0.6) is 0 Å². The van der Waals surface area contributed by atoms with E-state index in [-0.39, 0.29) is 0 Å². The van der Waals surface area contributed by atoms with Crippen LogP contribution in [0.25, 0.3) is 0 Å². The Bertz CT molecular complexity index is 170. The van der Waals surface area contributed by atoms with Gasteiger partial charge < -0.3 is 20.6 Å². The van der Waals surface area contributed by atoms with E-state index in [4.69, 9.17) is 10.8 Å². The minimum absolute atomic E-state index is 0.513. The summed E-state index contributed by atoms with van der Waals surface area (Å²) < 4.78 is 0. The summed E-state index contributed by atoms with van der Waals surface area (Å²) in [5.74, 6) is 0. The Morgan fingerprint density at radius 1 is 1.46 bits per heavy atom. The highest BCUT2D eigenvalue weighted by atomic mass is 16.3. The molecule has 1 atom stereocenters. The van der Waals surface area contributed by atoms with Gasteiger partial charge in [-0.3, -0.25) is 0 Å². The Morgan fingerprint density at radius 2 is 2.15 bits per heavy atom. The Labute approximate surface area is 79.6 Å². The van der Waals surface area contributed by atoms with Crippen molar-refractivity contribution in [2.24, 2.45) is 5.73 Å². The van der Waals surface area contributed by atoms with Crippen molar-refractivity contribution in [3.63, 3.8) is 0 Å². The second kappa shape index (κ2) is 5.09. The maximum absolute atomic E-state index is 8.96. The number of hydrogen-bond acceptors (Lipinski definition) is 4. The van der Waals surface area contributed by atoms with E-state index in [0.29, 0.717) is 6.54 Å². The molecule has 0 aliphatic carbocycles. The Balaban J connectivity index is 2.18. The van der Waals surface area contributed by atoms with Crippen LogP contribution in [-0.2, 0) is 0 Å². The van der Waals surface area contributed by atoms with E-state index in [1.807, 2.05) is 11.1 Å². The highest BCUT2D eigenvalue weighted by Gasteiger charge is 2.12. The maximum atomic E-state index is 8.96. The first-order valence-electron chi connectivity index (χ1n) is 4.82. The summed E-state index contributed by atoms with van der Waals surface area (Å²) in [6.45, 7) is 4.64. The van der Waals surface area contributed by atoms with Gasteiger partial charge in [-0.1, -0.05) is 13.3 Å². The predicted octanol–water partition coefficient (Wildman–Crippen LogP) is 0.110. The molecule has 0 aromatic heterocycles. The maximum Gasteiger partial charge on any atom is 0.120 e. The van der Waals surface area contributed by atoms with Gasteiger partial charge >= 0.3 is 0 Å². The van der Waals surface area contributed by atoms with Crippen LogP contribution < -0.4 is 5.73 Å². The minimum Gasteiger partial charge on any atom is -0.377 e. The van der Waals surface area contributed by atoms with Crippen molar-refractivity contribution >= 4 is 0 Å². The van der Waals surface area contributed by atoms with Crippen LogP contribution in [0, 0.1) is 0 Å². The SMILES string of the molecule is CCCCN1C=CN(CC(N)O)C1. The first-order chi connectivity index (χ1) is 6.22. The fourth-order valence-corrected chi connectivity index (χ4v) is 1.38. The largest absolute Gasteiger partial charge is 0.377 e. The Morgan fingerprint density at radius 3 is 2.77 bits per heavy atom. The first-order valence-corrected chi connectivity index (χ1v) is 4.82. The zero-order valence-electron chi connectivity index (χ0n) is 8.19. The van der Waals surface area contributed by atoms with Crippen LogP contribution in [0.2, 0.25) is 0 Å². The molecule has 1 aliphatic rings. The average Bonchev–Trinajstić information content (AvgIpc) is 2.48. The molecule has 1 unspecified atom stereocenters. The fourth-order valence-electron chi connectivity index (χ4n) is 1.38. The van der Waals surface area contributed by atoms with Gasteiger partial charge in [-0.05, 0) is 6.42 Å². The van der Waals surface area contributed by atoms with Crippen LogP contribution in [-0.4, -0.2) is 40.9 Å². The van der Waals surface area contributed by atoms with Gasteiger partial charge in [-0.15, -0.1) is 0 Å². The van der Waals surface area contributed by atoms with Crippen LogP contribution in [0.15, 0.2) is 12.4 Å². The van der Waals surface area contributed by atoms with Gasteiger partial charge in [0, 0.05) is 18.9 Å². The molecule has 0 radical (unpaired) electrons. The van der Waals surface area contributed by atoms with Crippen LogP contribution in [0.1, 0.15) is 19.8 Å². The highest BCUT2D eigenvalue weighted by Crippen LogP contribution is 2.07. The summed E-state index contributed by atoms with van der Waals surface area (Å²) in [4.78, 5) is 4.24. The number of unbranched alkanes of at least 4 members (excludes halogenated alkanes) is 1. The molecule has 0 saturated heterocycles. The van der Waals surface area contributed by atoms with E-state index >= 15 is 0 Å². The highest BCUT2D eigenvalue weighted by molar-refractivity contribution is 4.90. The van der Waals surface area contributed by atoms with E-state index in [1.165, 1.54) is 12.8 Å². The van der Waals surface area contributed by atoms with Crippen molar-refractivity contribution in [1.82, 2.24) is 9.80 Å². The number of aliphatic hydroxyl groups excluding tert-OH is 1. The molecule has 0 aromatic carbocycles. The molecule has 13 heavy (non-hydrogen) atoms. The molecule has 0 amide bonds. The molecule has 4 nitrogen and oxygen atoms in total. The summed E-state index contributed by atoms with van der Waals surface area (Å²) in [5, 5.41) is 8.96. The molecule has 0 aromatic rings. The molecule has 1 heterocycles. The lowest BCUT2D eigenvalue weighted by atomic mass is 10.3. The number of rotatable bonds is 5. The van der Waals surface area contributed by atoms with Gasteiger partial charge in [0.1, 0.15) is 6.23 Å². The molecule has 0 spiro atoms. The standard InChI is InChI=1S/C9H19N3O/c1-2-3-4-11-5-6-12(8-11)7-9(10)13/h5-6,9,13H,2-4,7-8,10H2,1H3. The third-order valence-corrected chi connectivity index (χ3v) is 2.07. The van der Waals surface area contributed by atoms with Gasteiger partial charge in [0.15, 0.2) is 0 Å². The topological polar surface area (TPSA) is 52.7 Å². The summed E-state index contributed by atoms with van der Waals surface area (Å²) in [5.41, 5.74) is 5.28. The molecule has 1 rings (SSSR count). The molecule has 0 fully saturated rings. The summed E-state index contributed by atoms with van der Waals surface area (Å²) in [6, 6.07) is 0. The van der Waals surface area contributed by atoms with Crippen molar-refractivity contribution in [2.75, 3.05) is 19.8 Å². The van der Waals surface area contributed by atoms with E-state index < -0.39 is 6.23 Å². The fraction of sp³-hybridized carbons (Fsp3) is 0.778. The van der Waals surface area contributed by atoms with Crippen molar-refractivity contribution in [1.29, 1.82) is 0 Å². The summed E-state index contributed by atoms with van der Waals surface area (Å²) in [7, 11) is 0. The van der Waals surface area contributed by atoms with Crippen molar-refractivity contribution in [3.05, 3.63) is 12.4 Å². The predicted molar refractivity (Wildman–Crippen MR) is 52.5 cm³/mol. The Hall–Kier alpha value is -0.740. The monoisotopic (exact) mass is 185 g/mol. The van der Waals surface area contributed by atoms with E-state index in [2.05, 4.69) is 18.0 Å². The molecule has 1 aliphatic heterocycles. The lowest BCUT2D eigenvalue weighted by Gasteiger charge is -2.21. The van der Waals surface area contributed by atoms with Gasteiger partial charge in [-0.2, -0.15) is 0 Å². The molecule has 0 bridgehead atoms. The van der Waals surface area contributed by atoms with Crippen LogP contribution >= 0.6 is 0 Å².